The van der Waals surface area contributed by atoms with Gasteiger partial charge in [0.2, 0.25) is 0 Å². The fourth-order valence-electron chi connectivity index (χ4n) is 2.38. The smallest absolute Gasteiger partial charge is 0.305 e. The van der Waals surface area contributed by atoms with Gasteiger partial charge in [-0.3, -0.25) is 4.79 Å². The molecule has 0 heterocycles. The Morgan fingerprint density at radius 2 is 1.45 bits per heavy atom. The molecule has 1 N–H and O–H groups in total. The highest BCUT2D eigenvalue weighted by atomic mass is 16.5. The second-order valence-corrected chi connectivity index (χ2v) is 6.14. The number of carbonyl (C=O) groups is 1. The van der Waals surface area contributed by atoms with Gasteiger partial charge >= 0.3 is 5.97 Å². The summed E-state index contributed by atoms with van der Waals surface area (Å²) in [5.41, 5.74) is 0. The minimum atomic E-state index is -0.161. The summed E-state index contributed by atoms with van der Waals surface area (Å²) in [6.07, 6.45) is 14.1. The molecule has 1 atom stereocenters. The summed E-state index contributed by atoms with van der Waals surface area (Å²) in [6, 6.07) is 0. The maximum atomic E-state index is 11.5. The molecule has 3 nitrogen and oxygen atoms in total. The first-order valence-electron chi connectivity index (χ1n) is 9.00. The summed E-state index contributed by atoms with van der Waals surface area (Å²) < 4.78 is 5.24. The third-order valence-corrected chi connectivity index (χ3v) is 3.76. The lowest BCUT2D eigenvalue weighted by molar-refractivity contribution is -0.143. The molecule has 0 aliphatic carbocycles. The predicted molar refractivity (Wildman–Crippen MR) is 95.1 cm³/mol. The molecule has 22 heavy (non-hydrogen) atoms. The van der Waals surface area contributed by atoms with Crippen molar-refractivity contribution in [3.8, 4) is 0 Å². The number of aliphatic hydroxyl groups excluding tert-OH is 1. The van der Waals surface area contributed by atoms with E-state index in [1.807, 2.05) is 6.92 Å². The van der Waals surface area contributed by atoms with Gasteiger partial charge in [-0.1, -0.05) is 72.1 Å². The second kappa shape index (κ2) is 18.5. The zero-order valence-electron chi connectivity index (χ0n) is 14.2. The Bertz CT molecular complexity index is 227. The van der Waals surface area contributed by atoms with Crippen molar-refractivity contribution in [1.29, 1.82) is 0 Å². The summed E-state index contributed by atoms with van der Waals surface area (Å²) in [5.74, 6) is -0.0246. The monoisotopic (exact) mass is 316 g/mol. The normalized spacial score (nSPS) is 11.8. The Morgan fingerprint density at radius 3 is 2.09 bits per heavy atom. The van der Waals surface area contributed by atoms with Gasteiger partial charge in [0.15, 0.2) is 0 Å². The van der Waals surface area contributed by atoms with Crippen LogP contribution in [0, 0.1) is 0 Å². The fourth-order valence-corrected chi connectivity index (χ4v) is 2.38. The quantitative estimate of drug-likeness (QED) is 0.314. The number of aliphatic hydroxyl groups is 1. The van der Waals surface area contributed by atoms with Crippen molar-refractivity contribution in [2.75, 3.05) is 6.61 Å². The first-order valence-corrected chi connectivity index (χ1v) is 9.00. The number of rotatable bonds is 15. The van der Waals surface area contributed by atoms with Crippen LogP contribution >= 0.6 is 0 Å². The molecule has 0 aromatic rings. The lowest BCUT2D eigenvalue weighted by atomic mass is 10.1. The summed E-state index contributed by atoms with van der Waals surface area (Å²) >= 11 is 0. The molecule has 0 amide bonds. The van der Waals surface area contributed by atoms with Gasteiger partial charge in [0.25, 0.3) is 0 Å². The first-order chi connectivity index (χ1) is 10.2. The molecular weight excluding hydrogens is 276 g/mol. The Morgan fingerprint density at radius 1 is 0.909 bits per heavy atom. The van der Waals surface area contributed by atoms with Crippen molar-refractivity contribution >= 4 is 5.97 Å². The van der Waals surface area contributed by atoms with Crippen molar-refractivity contribution < 1.29 is 14.6 Å². The molecule has 0 rings (SSSR count). The maximum Gasteiger partial charge on any atom is 0.305 e. The van der Waals surface area contributed by atoms with E-state index in [2.05, 4.69) is 6.92 Å². The molecule has 0 fully saturated rings. The molecule has 0 spiro atoms. The van der Waals surface area contributed by atoms with Crippen molar-refractivity contribution in [2.45, 2.75) is 111 Å². The molecule has 0 aliphatic heterocycles. The molecule has 0 aromatic heterocycles. The lowest BCUT2D eigenvalue weighted by Crippen LogP contribution is -2.05. The predicted octanol–water partition coefficient (Wildman–Crippen LogP) is 5.64. The molecule has 1 unspecified atom stereocenters. The van der Waals surface area contributed by atoms with E-state index in [0.29, 0.717) is 13.0 Å². The number of carbonyl (C=O) groups excluding carboxylic acids is 1. The number of hydrogen-bond donors (Lipinski definition) is 1. The first kappa shape index (κ1) is 23.7. The Balaban J connectivity index is 0. The zero-order chi connectivity index (χ0) is 15.8. The van der Waals surface area contributed by atoms with Crippen molar-refractivity contribution in [1.82, 2.24) is 0 Å². The number of ether oxygens (including phenoxy) is 1. The van der Waals surface area contributed by atoms with Crippen LogP contribution in [0.25, 0.3) is 0 Å². The van der Waals surface area contributed by atoms with Gasteiger partial charge in [-0.2, -0.15) is 0 Å². The average Bonchev–Trinajstić information content (AvgIpc) is 2.45. The third kappa shape index (κ3) is 19.4. The Labute approximate surface area is 138 Å². The molecular formula is C19H40O3. The minimum absolute atomic E-state index is 0. The number of hydrogen-bond acceptors (Lipinski definition) is 3. The highest BCUT2D eigenvalue weighted by molar-refractivity contribution is 5.69. The van der Waals surface area contributed by atoms with E-state index < -0.39 is 0 Å². The largest absolute Gasteiger partial charge is 0.466 e. The van der Waals surface area contributed by atoms with Crippen LogP contribution in [0.5, 0.6) is 0 Å². The molecule has 0 aromatic carbocycles. The van der Waals surface area contributed by atoms with Gasteiger partial charge in [0, 0.05) is 6.42 Å². The van der Waals surface area contributed by atoms with Gasteiger partial charge in [-0.15, -0.1) is 0 Å². The SMILES string of the molecule is C.CCCCCCCC(=O)OCCCCCCCCC(C)O. The van der Waals surface area contributed by atoms with Crippen LogP contribution in [-0.4, -0.2) is 23.8 Å². The molecule has 0 bridgehead atoms. The van der Waals surface area contributed by atoms with Crippen LogP contribution in [0.3, 0.4) is 0 Å². The fraction of sp³-hybridized carbons (Fsp3) is 0.947. The minimum Gasteiger partial charge on any atom is -0.466 e. The van der Waals surface area contributed by atoms with Crippen molar-refractivity contribution in [3.05, 3.63) is 0 Å². The van der Waals surface area contributed by atoms with Gasteiger partial charge in [-0.05, 0) is 26.2 Å². The van der Waals surface area contributed by atoms with E-state index >= 15 is 0 Å². The third-order valence-electron chi connectivity index (χ3n) is 3.76. The van der Waals surface area contributed by atoms with E-state index in [-0.39, 0.29) is 19.5 Å². The molecule has 3 heteroatoms. The van der Waals surface area contributed by atoms with Crippen LogP contribution in [0.1, 0.15) is 105 Å². The summed E-state index contributed by atoms with van der Waals surface area (Å²) in [6.45, 7) is 4.63. The number of unbranched alkanes of at least 4 members (excludes halogenated alkanes) is 9. The maximum absolute atomic E-state index is 11.5. The van der Waals surface area contributed by atoms with Crippen LogP contribution in [0.15, 0.2) is 0 Å². The Hall–Kier alpha value is -0.570. The van der Waals surface area contributed by atoms with Crippen molar-refractivity contribution in [2.24, 2.45) is 0 Å². The van der Waals surface area contributed by atoms with Crippen LogP contribution in [0.2, 0.25) is 0 Å². The number of esters is 1. The van der Waals surface area contributed by atoms with E-state index in [1.54, 1.807) is 0 Å². The molecule has 0 saturated carbocycles. The summed E-state index contributed by atoms with van der Waals surface area (Å²) in [7, 11) is 0. The average molecular weight is 317 g/mol. The highest BCUT2D eigenvalue weighted by Crippen LogP contribution is 2.09. The standard InChI is InChI=1S/C18H36O3.CH4/c1-3-4-5-8-12-15-18(20)21-16-13-10-7-6-9-11-14-17(2)19;/h17,19H,3-16H2,1-2H3;1H4. The second-order valence-electron chi connectivity index (χ2n) is 6.14. The zero-order valence-corrected chi connectivity index (χ0v) is 14.2. The topological polar surface area (TPSA) is 46.5 Å². The highest BCUT2D eigenvalue weighted by Gasteiger charge is 2.02. The van der Waals surface area contributed by atoms with E-state index in [4.69, 9.17) is 9.84 Å². The molecule has 134 valence electrons. The van der Waals surface area contributed by atoms with E-state index in [1.165, 1.54) is 38.5 Å². The van der Waals surface area contributed by atoms with E-state index in [9.17, 15) is 4.79 Å². The Kier molecular flexibility index (Phi) is 19.9. The van der Waals surface area contributed by atoms with Gasteiger partial charge in [0.05, 0.1) is 12.7 Å². The molecule has 0 radical (unpaired) electrons. The van der Waals surface area contributed by atoms with Crippen molar-refractivity contribution in [3.63, 3.8) is 0 Å². The molecule has 0 aliphatic rings. The van der Waals surface area contributed by atoms with Gasteiger partial charge in [0.1, 0.15) is 0 Å². The lowest BCUT2D eigenvalue weighted by Gasteiger charge is -2.06. The van der Waals surface area contributed by atoms with Crippen LogP contribution < -0.4 is 0 Å². The van der Waals surface area contributed by atoms with Gasteiger partial charge < -0.3 is 9.84 Å². The van der Waals surface area contributed by atoms with E-state index in [0.717, 1.165) is 38.5 Å². The van der Waals surface area contributed by atoms with Crippen LogP contribution in [-0.2, 0) is 9.53 Å². The summed E-state index contributed by atoms with van der Waals surface area (Å²) in [4.78, 5) is 11.5. The van der Waals surface area contributed by atoms with Crippen LogP contribution in [0.4, 0.5) is 0 Å². The van der Waals surface area contributed by atoms with Gasteiger partial charge in [-0.25, -0.2) is 0 Å². The summed E-state index contributed by atoms with van der Waals surface area (Å²) in [5, 5.41) is 9.13. The molecule has 0 saturated heterocycles.